The SMILES string of the molecule is CCN(c1ccc(C(=O)Nc2cc(Cl)ccc2N2CCOCC2)cc1)C(C)C. The Bertz CT molecular complexity index is 802. The van der Waals surface area contributed by atoms with Gasteiger partial charge in [-0.05, 0) is 63.2 Å². The van der Waals surface area contributed by atoms with Gasteiger partial charge in [-0.1, -0.05) is 11.6 Å². The Hall–Kier alpha value is -2.24. The number of rotatable bonds is 6. The van der Waals surface area contributed by atoms with E-state index in [2.05, 4.69) is 35.9 Å². The van der Waals surface area contributed by atoms with Gasteiger partial charge >= 0.3 is 0 Å². The van der Waals surface area contributed by atoms with E-state index in [1.54, 1.807) is 6.07 Å². The van der Waals surface area contributed by atoms with E-state index in [-0.39, 0.29) is 5.91 Å². The molecule has 2 aromatic rings. The van der Waals surface area contributed by atoms with Crippen LogP contribution in [0.5, 0.6) is 0 Å². The Balaban J connectivity index is 1.78. The fourth-order valence-electron chi connectivity index (χ4n) is 3.53. The van der Waals surface area contributed by atoms with Crippen molar-refractivity contribution in [3.05, 3.63) is 53.1 Å². The topological polar surface area (TPSA) is 44.8 Å². The van der Waals surface area contributed by atoms with Crippen molar-refractivity contribution in [1.82, 2.24) is 0 Å². The third-order valence-electron chi connectivity index (χ3n) is 4.98. The van der Waals surface area contributed by atoms with Crippen LogP contribution in [0.3, 0.4) is 0 Å². The van der Waals surface area contributed by atoms with Crippen molar-refractivity contribution in [2.24, 2.45) is 0 Å². The summed E-state index contributed by atoms with van der Waals surface area (Å²) in [5.74, 6) is -0.143. The normalized spacial score (nSPS) is 14.2. The van der Waals surface area contributed by atoms with Crippen LogP contribution >= 0.6 is 11.6 Å². The highest BCUT2D eigenvalue weighted by molar-refractivity contribution is 6.31. The van der Waals surface area contributed by atoms with Crippen molar-refractivity contribution >= 4 is 34.6 Å². The molecule has 1 aliphatic heterocycles. The molecule has 28 heavy (non-hydrogen) atoms. The van der Waals surface area contributed by atoms with Crippen LogP contribution in [-0.4, -0.2) is 44.8 Å². The molecular formula is C22H28ClN3O2. The summed E-state index contributed by atoms with van der Waals surface area (Å²) in [6, 6.07) is 13.8. The van der Waals surface area contributed by atoms with Gasteiger partial charge in [0.05, 0.1) is 24.6 Å². The summed E-state index contributed by atoms with van der Waals surface area (Å²) in [6.07, 6.45) is 0. The molecule has 0 atom stereocenters. The van der Waals surface area contributed by atoms with E-state index in [0.29, 0.717) is 29.8 Å². The maximum absolute atomic E-state index is 12.8. The summed E-state index contributed by atoms with van der Waals surface area (Å²) in [5.41, 5.74) is 3.43. The Kier molecular flexibility index (Phi) is 6.81. The van der Waals surface area contributed by atoms with Crippen LogP contribution in [0.25, 0.3) is 0 Å². The lowest BCUT2D eigenvalue weighted by atomic mass is 10.1. The number of anilines is 3. The Morgan fingerprint density at radius 3 is 2.46 bits per heavy atom. The van der Waals surface area contributed by atoms with Crippen molar-refractivity contribution in [2.45, 2.75) is 26.8 Å². The van der Waals surface area contributed by atoms with Crippen LogP contribution in [0.2, 0.25) is 5.02 Å². The second kappa shape index (κ2) is 9.30. The van der Waals surface area contributed by atoms with Crippen LogP contribution in [0, 0.1) is 0 Å². The van der Waals surface area contributed by atoms with Crippen molar-refractivity contribution < 1.29 is 9.53 Å². The van der Waals surface area contributed by atoms with E-state index < -0.39 is 0 Å². The quantitative estimate of drug-likeness (QED) is 0.764. The molecule has 0 bridgehead atoms. The van der Waals surface area contributed by atoms with Crippen molar-refractivity contribution in [3.8, 4) is 0 Å². The van der Waals surface area contributed by atoms with Gasteiger partial charge in [-0.25, -0.2) is 0 Å². The monoisotopic (exact) mass is 401 g/mol. The predicted octanol–water partition coefficient (Wildman–Crippen LogP) is 4.66. The molecule has 0 unspecified atom stereocenters. The van der Waals surface area contributed by atoms with E-state index in [0.717, 1.165) is 36.7 Å². The zero-order valence-electron chi connectivity index (χ0n) is 16.7. The van der Waals surface area contributed by atoms with E-state index in [4.69, 9.17) is 16.3 Å². The first-order valence-corrected chi connectivity index (χ1v) is 10.2. The highest BCUT2D eigenvalue weighted by Gasteiger charge is 2.17. The average Bonchev–Trinajstić information content (AvgIpc) is 2.69. The Morgan fingerprint density at radius 2 is 1.86 bits per heavy atom. The highest BCUT2D eigenvalue weighted by atomic mass is 35.5. The summed E-state index contributed by atoms with van der Waals surface area (Å²) in [4.78, 5) is 17.3. The lowest BCUT2D eigenvalue weighted by Gasteiger charge is -2.30. The number of amides is 1. The predicted molar refractivity (Wildman–Crippen MR) is 117 cm³/mol. The minimum atomic E-state index is -0.143. The molecule has 2 aromatic carbocycles. The first kappa shape index (κ1) is 20.5. The number of ether oxygens (including phenoxy) is 1. The average molecular weight is 402 g/mol. The van der Waals surface area contributed by atoms with Crippen LogP contribution in [0.15, 0.2) is 42.5 Å². The van der Waals surface area contributed by atoms with Crippen LogP contribution in [-0.2, 0) is 4.74 Å². The molecule has 1 fully saturated rings. The Morgan fingerprint density at radius 1 is 1.18 bits per heavy atom. The molecule has 1 N–H and O–H groups in total. The number of carbonyl (C=O) groups excluding carboxylic acids is 1. The van der Waals surface area contributed by atoms with Gasteiger partial charge in [-0.15, -0.1) is 0 Å². The number of benzene rings is 2. The molecule has 3 rings (SSSR count). The molecule has 1 aliphatic rings. The first-order valence-electron chi connectivity index (χ1n) is 9.80. The highest BCUT2D eigenvalue weighted by Crippen LogP contribution is 2.30. The smallest absolute Gasteiger partial charge is 0.255 e. The van der Waals surface area contributed by atoms with Crippen LogP contribution in [0.1, 0.15) is 31.1 Å². The molecule has 0 radical (unpaired) electrons. The number of carbonyl (C=O) groups is 1. The van der Waals surface area contributed by atoms with E-state index in [1.165, 1.54) is 0 Å². The third-order valence-corrected chi connectivity index (χ3v) is 5.22. The molecular weight excluding hydrogens is 374 g/mol. The molecule has 5 nitrogen and oxygen atoms in total. The lowest BCUT2D eigenvalue weighted by molar-refractivity contribution is 0.102. The van der Waals surface area contributed by atoms with Crippen molar-refractivity contribution in [1.29, 1.82) is 0 Å². The van der Waals surface area contributed by atoms with Crippen molar-refractivity contribution in [3.63, 3.8) is 0 Å². The maximum Gasteiger partial charge on any atom is 0.255 e. The number of hydrogen-bond acceptors (Lipinski definition) is 4. The molecule has 150 valence electrons. The maximum atomic E-state index is 12.8. The van der Waals surface area contributed by atoms with Gasteiger partial charge in [0.15, 0.2) is 0 Å². The Labute approximate surface area is 172 Å². The zero-order chi connectivity index (χ0) is 20.1. The number of morpholine rings is 1. The van der Waals surface area contributed by atoms with Gasteiger partial charge in [-0.2, -0.15) is 0 Å². The lowest BCUT2D eigenvalue weighted by Crippen LogP contribution is -2.36. The van der Waals surface area contributed by atoms with Gasteiger partial charge in [0.1, 0.15) is 0 Å². The summed E-state index contributed by atoms with van der Waals surface area (Å²) >= 11 is 6.19. The second-order valence-corrected chi connectivity index (χ2v) is 7.58. The summed E-state index contributed by atoms with van der Waals surface area (Å²) in [7, 11) is 0. The van der Waals surface area contributed by atoms with Crippen LogP contribution < -0.4 is 15.1 Å². The minimum Gasteiger partial charge on any atom is -0.378 e. The summed E-state index contributed by atoms with van der Waals surface area (Å²) in [6.45, 7) is 10.3. The molecule has 1 heterocycles. The van der Waals surface area contributed by atoms with Gasteiger partial charge in [0, 0.05) is 41.9 Å². The van der Waals surface area contributed by atoms with Gasteiger partial charge in [0.25, 0.3) is 5.91 Å². The number of nitrogens with zero attached hydrogens (tertiary/aromatic N) is 2. The van der Waals surface area contributed by atoms with Gasteiger partial charge < -0.3 is 19.9 Å². The molecule has 0 saturated carbocycles. The summed E-state index contributed by atoms with van der Waals surface area (Å²) < 4.78 is 5.43. The second-order valence-electron chi connectivity index (χ2n) is 7.14. The zero-order valence-corrected chi connectivity index (χ0v) is 17.5. The van der Waals surface area contributed by atoms with E-state index in [1.807, 2.05) is 36.4 Å². The van der Waals surface area contributed by atoms with Crippen molar-refractivity contribution in [2.75, 3.05) is 48.0 Å². The molecule has 0 aromatic heterocycles. The number of hydrogen-bond donors (Lipinski definition) is 1. The third kappa shape index (κ3) is 4.78. The summed E-state index contributed by atoms with van der Waals surface area (Å²) in [5, 5.41) is 3.63. The number of halogens is 1. The van der Waals surface area contributed by atoms with E-state index in [9.17, 15) is 4.79 Å². The van der Waals surface area contributed by atoms with Gasteiger partial charge in [-0.3, -0.25) is 4.79 Å². The van der Waals surface area contributed by atoms with Crippen LogP contribution in [0.4, 0.5) is 17.1 Å². The number of nitrogens with one attached hydrogen (secondary N) is 1. The fraction of sp³-hybridized carbons (Fsp3) is 0.409. The molecule has 1 amide bonds. The standard InChI is InChI=1S/C22H28ClN3O2/c1-4-26(16(2)3)19-8-5-17(6-9-19)22(27)24-20-15-18(23)7-10-21(20)25-11-13-28-14-12-25/h5-10,15-16H,4,11-14H2,1-3H3,(H,24,27). The van der Waals surface area contributed by atoms with Gasteiger partial charge in [0.2, 0.25) is 0 Å². The first-order chi connectivity index (χ1) is 13.5. The van der Waals surface area contributed by atoms with E-state index >= 15 is 0 Å². The molecule has 1 saturated heterocycles. The molecule has 0 spiro atoms. The molecule has 0 aliphatic carbocycles. The molecule has 6 heteroatoms. The largest absolute Gasteiger partial charge is 0.378 e. The fourth-order valence-corrected chi connectivity index (χ4v) is 3.71. The minimum absolute atomic E-state index is 0.143.